The minimum Gasteiger partial charge on any atom is -0.393 e. The van der Waals surface area contributed by atoms with Crippen LogP contribution in [0.5, 0.6) is 0 Å². The Morgan fingerprint density at radius 1 is 1.00 bits per heavy atom. The first-order valence-electron chi connectivity index (χ1n) is 8.96. The second-order valence-corrected chi connectivity index (χ2v) is 6.50. The highest BCUT2D eigenvalue weighted by molar-refractivity contribution is 5.79. The minimum atomic E-state index is 0.493. The molecule has 2 rings (SSSR count). The van der Waals surface area contributed by atoms with Crippen LogP contribution >= 0.6 is 0 Å². The highest BCUT2D eigenvalue weighted by Gasteiger charge is 2.18. The molecular weight excluding hydrogens is 344 g/mol. The molecule has 2 aromatic rings. The number of nitrogens with zero attached hydrogens (tertiary/aromatic N) is 4. The van der Waals surface area contributed by atoms with Gasteiger partial charge < -0.3 is 25.4 Å². The molecule has 0 atom stereocenters. The molecule has 0 spiro atoms. The van der Waals surface area contributed by atoms with E-state index in [0.29, 0.717) is 49.5 Å². The van der Waals surface area contributed by atoms with Gasteiger partial charge in [0.2, 0.25) is 0 Å². The van der Waals surface area contributed by atoms with Crippen molar-refractivity contribution in [3.05, 3.63) is 28.8 Å². The third-order valence-electron chi connectivity index (χ3n) is 4.24. The summed E-state index contributed by atoms with van der Waals surface area (Å²) in [5.74, 6) is 1.89. The summed E-state index contributed by atoms with van der Waals surface area (Å²) in [6, 6.07) is 2.03. The summed E-state index contributed by atoms with van der Waals surface area (Å²) in [4.78, 5) is 15.7. The lowest BCUT2D eigenvalue weighted by atomic mass is 10.1. The topological polar surface area (TPSA) is 98.4 Å². The van der Waals surface area contributed by atoms with Gasteiger partial charge in [0.15, 0.2) is 11.6 Å². The predicted octanol–water partition coefficient (Wildman–Crippen LogP) is 2.53. The van der Waals surface area contributed by atoms with Crippen LogP contribution in [0.2, 0.25) is 0 Å². The fourth-order valence-electron chi connectivity index (χ4n) is 2.96. The Balaban J connectivity index is 2.41. The van der Waals surface area contributed by atoms with E-state index in [2.05, 4.69) is 25.2 Å². The Bertz CT molecular complexity index is 750. The van der Waals surface area contributed by atoms with Crippen LogP contribution in [0.4, 0.5) is 23.0 Å². The molecule has 27 heavy (non-hydrogen) atoms. The molecule has 2 aromatic heterocycles. The van der Waals surface area contributed by atoms with Gasteiger partial charge in [-0.1, -0.05) is 0 Å². The summed E-state index contributed by atoms with van der Waals surface area (Å²) in [6.45, 7) is 10.3. The van der Waals surface area contributed by atoms with Crippen molar-refractivity contribution >= 4 is 23.0 Å². The molecule has 0 aliphatic rings. The monoisotopic (exact) mass is 374 g/mol. The first-order valence-corrected chi connectivity index (χ1v) is 8.96. The number of aromatic nitrogens is 3. The Kier molecular flexibility index (Phi) is 7.32. The zero-order valence-corrected chi connectivity index (χ0v) is 17.1. The summed E-state index contributed by atoms with van der Waals surface area (Å²) in [6.07, 6.45) is 0. The average molecular weight is 374 g/mol. The highest BCUT2D eigenvalue weighted by Crippen LogP contribution is 2.31. The molecule has 0 saturated heterocycles. The van der Waals surface area contributed by atoms with Crippen molar-refractivity contribution in [1.29, 1.82) is 0 Å². The predicted molar refractivity (Wildman–Crippen MR) is 109 cm³/mol. The fourth-order valence-corrected chi connectivity index (χ4v) is 2.96. The first-order chi connectivity index (χ1) is 12.9. The smallest absolute Gasteiger partial charge is 0.159 e. The maximum absolute atomic E-state index is 6.44. The van der Waals surface area contributed by atoms with Crippen LogP contribution in [0.25, 0.3) is 0 Å². The van der Waals surface area contributed by atoms with Crippen LogP contribution in [0.1, 0.15) is 22.8 Å². The van der Waals surface area contributed by atoms with Crippen molar-refractivity contribution < 1.29 is 9.47 Å². The number of anilines is 4. The normalized spacial score (nSPS) is 10.9. The van der Waals surface area contributed by atoms with Gasteiger partial charge in [-0.25, -0.2) is 9.97 Å². The molecule has 0 radical (unpaired) electrons. The van der Waals surface area contributed by atoms with Crippen molar-refractivity contribution in [2.24, 2.45) is 0 Å². The number of hydrogen-bond acceptors (Lipinski definition) is 8. The second-order valence-electron chi connectivity index (χ2n) is 6.50. The number of nitrogens with two attached hydrogens (primary N) is 1. The summed E-state index contributed by atoms with van der Waals surface area (Å²) in [5.41, 5.74) is 10.8. The Hall–Kier alpha value is -2.45. The number of aryl methyl sites for hydroxylation is 4. The van der Waals surface area contributed by atoms with E-state index in [9.17, 15) is 0 Å². The quantitative estimate of drug-likeness (QED) is 0.691. The lowest BCUT2D eigenvalue weighted by Crippen LogP contribution is -2.32. The molecule has 0 bridgehead atoms. The van der Waals surface area contributed by atoms with Gasteiger partial charge in [0.05, 0.1) is 24.6 Å². The van der Waals surface area contributed by atoms with E-state index >= 15 is 0 Å². The number of methoxy groups -OCH3 is 2. The maximum atomic E-state index is 6.44. The van der Waals surface area contributed by atoms with Gasteiger partial charge in [-0.15, -0.1) is 0 Å². The Morgan fingerprint density at radius 3 is 2.19 bits per heavy atom. The zero-order valence-electron chi connectivity index (χ0n) is 17.1. The van der Waals surface area contributed by atoms with Crippen molar-refractivity contribution in [1.82, 2.24) is 15.0 Å². The summed E-state index contributed by atoms with van der Waals surface area (Å²) >= 11 is 0. The Morgan fingerprint density at radius 2 is 1.63 bits per heavy atom. The molecule has 0 aliphatic carbocycles. The van der Waals surface area contributed by atoms with Gasteiger partial charge >= 0.3 is 0 Å². The van der Waals surface area contributed by atoms with Crippen molar-refractivity contribution in [2.75, 3.05) is 56.5 Å². The Labute approximate surface area is 161 Å². The molecule has 148 valence electrons. The largest absolute Gasteiger partial charge is 0.393 e. The molecule has 0 unspecified atom stereocenters. The molecule has 2 heterocycles. The van der Waals surface area contributed by atoms with E-state index in [1.54, 1.807) is 14.2 Å². The molecule has 8 heteroatoms. The number of nitrogen functional groups attached to an aromatic ring is 1. The van der Waals surface area contributed by atoms with E-state index in [4.69, 9.17) is 15.2 Å². The van der Waals surface area contributed by atoms with Gasteiger partial charge in [-0.05, 0) is 39.3 Å². The molecular formula is C19H30N6O2. The lowest BCUT2D eigenvalue weighted by molar-refractivity contribution is 0.190. The van der Waals surface area contributed by atoms with Crippen molar-refractivity contribution in [3.8, 4) is 0 Å². The van der Waals surface area contributed by atoms with Crippen LogP contribution in [0, 0.1) is 27.7 Å². The summed E-state index contributed by atoms with van der Waals surface area (Å²) in [7, 11) is 3.35. The van der Waals surface area contributed by atoms with Gasteiger partial charge in [0.1, 0.15) is 11.5 Å². The van der Waals surface area contributed by atoms with Crippen LogP contribution in [0.3, 0.4) is 0 Å². The molecule has 0 saturated carbocycles. The third kappa shape index (κ3) is 5.27. The van der Waals surface area contributed by atoms with E-state index in [-0.39, 0.29) is 0 Å². The lowest BCUT2D eigenvalue weighted by Gasteiger charge is -2.26. The summed E-state index contributed by atoms with van der Waals surface area (Å²) < 4.78 is 10.4. The van der Waals surface area contributed by atoms with Gasteiger partial charge in [-0.2, -0.15) is 0 Å². The number of hydrogen-bond donors (Lipinski definition) is 2. The van der Waals surface area contributed by atoms with Crippen molar-refractivity contribution in [3.63, 3.8) is 0 Å². The van der Waals surface area contributed by atoms with Crippen molar-refractivity contribution in [2.45, 2.75) is 27.7 Å². The van der Waals surface area contributed by atoms with Gasteiger partial charge in [-0.3, -0.25) is 4.98 Å². The standard InChI is InChI=1S/C19H30N6O2/c1-12-11-13(2)21-14(3)17(12)24-18-16(20)19(23-15(4)22-18)25(7-9-26-5)8-10-27-6/h11H,7-10,20H2,1-6H3,(H,22,23,24). The zero-order chi connectivity index (χ0) is 20.0. The molecule has 0 fully saturated rings. The van der Waals surface area contributed by atoms with E-state index in [1.165, 1.54) is 0 Å². The fraction of sp³-hybridized carbons (Fsp3) is 0.526. The molecule has 0 aliphatic heterocycles. The van der Waals surface area contributed by atoms with Crippen LogP contribution in [0.15, 0.2) is 6.07 Å². The maximum Gasteiger partial charge on any atom is 0.159 e. The van der Waals surface area contributed by atoms with Crippen LogP contribution in [-0.4, -0.2) is 55.5 Å². The number of ether oxygens (including phenoxy) is 2. The number of nitrogens with one attached hydrogen (secondary N) is 1. The molecule has 3 N–H and O–H groups in total. The van der Waals surface area contributed by atoms with Crippen LogP contribution < -0.4 is 16.0 Å². The first kappa shape index (κ1) is 20.9. The van der Waals surface area contributed by atoms with E-state index < -0.39 is 0 Å². The van der Waals surface area contributed by atoms with Gasteiger partial charge in [0, 0.05) is 33.0 Å². The third-order valence-corrected chi connectivity index (χ3v) is 4.24. The summed E-state index contributed by atoms with van der Waals surface area (Å²) in [5, 5.41) is 3.36. The number of pyridine rings is 1. The second kappa shape index (κ2) is 9.48. The molecule has 0 aromatic carbocycles. The molecule has 8 nitrogen and oxygen atoms in total. The average Bonchev–Trinajstić information content (AvgIpc) is 2.61. The highest BCUT2D eigenvalue weighted by atomic mass is 16.5. The molecule has 0 amide bonds. The minimum absolute atomic E-state index is 0.493. The van der Waals surface area contributed by atoms with Gasteiger partial charge in [0.25, 0.3) is 0 Å². The SMILES string of the molecule is COCCN(CCOC)c1nc(C)nc(Nc2c(C)cc(C)nc2C)c1N. The van der Waals surface area contributed by atoms with Crippen LogP contribution in [-0.2, 0) is 9.47 Å². The van der Waals surface area contributed by atoms with E-state index in [0.717, 1.165) is 22.6 Å². The van der Waals surface area contributed by atoms with E-state index in [1.807, 2.05) is 33.8 Å². The number of rotatable bonds is 9.